The second-order valence-corrected chi connectivity index (χ2v) is 2.11. The van der Waals surface area contributed by atoms with Crippen molar-refractivity contribution in [2.24, 2.45) is 4.99 Å². The van der Waals surface area contributed by atoms with E-state index in [1.807, 2.05) is 6.08 Å². The molecule has 1 atom stereocenters. The van der Waals surface area contributed by atoms with Crippen molar-refractivity contribution in [1.82, 2.24) is 5.32 Å². The summed E-state index contributed by atoms with van der Waals surface area (Å²) in [5.41, 5.74) is 0. The molecule has 1 aliphatic rings. The van der Waals surface area contributed by atoms with Crippen LogP contribution in [0.5, 0.6) is 0 Å². The summed E-state index contributed by atoms with van der Waals surface area (Å²) in [5, 5.41) is 3.19. The van der Waals surface area contributed by atoms with Crippen LogP contribution in [0.15, 0.2) is 17.6 Å². The van der Waals surface area contributed by atoms with Crippen LogP contribution in [0.2, 0.25) is 0 Å². The molecule has 0 spiro atoms. The summed E-state index contributed by atoms with van der Waals surface area (Å²) in [4.78, 5) is 4.31. The highest BCUT2D eigenvalue weighted by Gasteiger charge is 2.10. The third-order valence-corrected chi connectivity index (χ3v) is 1.44. The van der Waals surface area contributed by atoms with Crippen molar-refractivity contribution in [3.63, 3.8) is 0 Å². The van der Waals surface area contributed by atoms with Crippen molar-refractivity contribution in [2.75, 3.05) is 6.54 Å². The molecule has 1 heterocycles. The van der Waals surface area contributed by atoms with E-state index in [2.05, 4.69) is 23.8 Å². The smallest absolute Gasteiger partial charge is 0.0969 e. The number of hydrogen-bond donors (Lipinski definition) is 1. The van der Waals surface area contributed by atoms with Crippen molar-refractivity contribution < 1.29 is 0 Å². The minimum Gasteiger partial charge on any atom is -0.371 e. The third kappa shape index (κ3) is 1.31. The average molecular weight is 124 g/mol. The van der Waals surface area contributed by atoms with Gasteiger partial charge in [0.15, 0.2) is 0 Å². The zero-order valence-corrected chi connectivity index (χ0v) is 5.72. The van der Waals surface area contributed by atoms with Crippen LogP contribution in [-0.2, 0) is 0 Å². The average Bonchev–Trinajstić information content (AvgIpc) is 2.34. The van der Waals surface area contributed by atoms with Gasteiger partial charge in [0, 0.05) is 13.0 Å². The first-order valence-electron chi connectivity index (χ1n) is 3.30. The van der Waals surface area contributed by atoms with E-state index in [-0.39, 0.29) is 0 Å². The van der Waals surface area contributed by atoms with E-state index >= 15 is 0 Å². The molecule has 2 nitrogen and oxygen atoms in total. The van der Waals surface area contributed by atoms with Gasteiger partial charge in [0.2, 0.25) is 0 Å². The molecule has 0 saturated carbocycles. The standard InChI is InChI=1S/C7H12N2/c1-3-6-5-8-7(4-2)9-6/h3,6H,1,4-5H2,2H3,(H,8,9). The van der Waals surface area contributed by atoms with Gasteiger partial charge in [-0.05, 0) is 0 Å². The fraction of sp³-hybridized carbons (Fsp3) is 0.571. The molecule has 1 N–H and O–H groups in total. The van der Waals surface area contributed by atoms with E-state index in [4.69, 9.17) is 0 Å². The summed E-state index contributed by atoms with van der Waals surface area (Å²) in [6.45, 7) is 6.70. The van der Waals surface area contributed by atoms with E-state index in [9.17, 15) is 0 Å². The van der Waals surface area contributed by atoms with Crippen LogP contribution in [0, 0.1) is 0 Å². The first-order valence-corrected chi connectivity index (χ1v) is 3.30. The highest BCUT2D eigenvalue weighted by molar-refractivity contribution is 5.83. The molecule has 0 radical (unpaired) electrons. The Morgan fingerprint density at radius 3 is 3.11 bits per heavy atom. The molecule has 0 bridgehead atoms. The lowest BCUT2D eigenvalue weighted by molar-refractivity contribution is 0.833. The second-order valence-electron chi connectivity index (χ2n) is 2.11. The van der Waals surface area contributed by atoms with E-state index in [1.165, 1.54) is 0 Å². The molecule has 0 aromatic carbocycles. The number of amidine groups is 1. The number of nitrogens with zero attached hydrogens (tertiary/aromatic N) is 1. The van der Waals surface area contributed by atoms with Crippen molar-refractivity contribution >= 4 is 5.84 Å². The van der Waals surface area contributed by atoms with Crippen LogP contribution in [0.3, 0.4) is 0 Å². The Kier molecular flexibility index (Phi) is 1.88. The Morgan fingerprint density at radius 1 is 2.00 bits per heavy atom. The lowest BCUT2D eigenvalue weighted by Gasteiger charge is -1.93. The first kappa shape index (κ1) is 6.33. The van der Waals surface area contributed by atoms with Crippen LogP contribution in [0.1, 0.15) is 13.3 Å². The van der Waals surface area contributed by atoms with Gasteiger partial charge < -0.3 is 5.32 Å². The van der Waals surface area contributed by atoms with Gasteiger partial charge in [-0.1, -0.05) is 13.0 Å². The van der Waals surface area contributed by atoms with Crippen LogP contribution in [0.4, 0.5) is 0 Å². The Morgan fingerprint density at radius 2 is 2.78 bits per heavy atom. The predicted molar refractivity (Wildman–Crippen MR) is 39.7 cm³/mol. The lowest BCUT2D eigenvalue weighted by Crippen LogP contribution is -2.19. The number of hydrogen-bond acceptors (Lipinski definition) is 2. The molecule has 0 aromatic heterocycles. The van der Waals surface area contributed by atoms with Crippen molar-refractivity contribution in [2.45, 2.75) is 19.4 Å². The van der Waals surface area contributed by atoms with Gasteiger partial charge >= 0.3 is 0 Å². The number of rotatable bonds is 2. The topological polar surface area (TPSA) is 24.4 Å². The maximum atomic E-state index is 4.31. The molecule has 0 aliphatic carbocycles. The van der Waals surface area contributed by atoms with Crippen LogP contribution < -0.4 is 5.32 Å². The third-order valence-electron chi connectivity index (χ3n) is 1.44. The summed E-state index contributed by atoms with van der Waals surface area (Å²) in [6.07, 6.45) is 2.88. The maximum Gasteiger partial charge on any atom is 0.0969 e. The summed E-state index contributed by atoms with van der Waals surface area (Å²) in [7, 11) is 0. The zero-order valence-electron chi connectivity index (χ0n) is 5.72. The molecule has 0 saturated heterocycles. The molecular formula is C7H12N2. The second kappa shape index (κ2) is 2.67. The van der Waals surface area contributed by atoms with Gasteiger partial charge in [-0.15, -0.1) is 6.58 Å². The Labute approximate surface area is 55.7 Å². The Hall–Kier alpha value is -0.790. The molecule has 2 heteroatoms. The minimum absolute atomic E-state index is 0.319. The summed E-state index contributed by atoms with van der Waals surface area (Å²) in [5.74, 6) is 1.11. The van der Waals surface area contributed by atoms with Crippen molar-refractivity contribution in [1.29, 1.82) is 0 Å². The monoisotopic (exact) mass is 124 g/mol. The van der Waals surface area contributed by atoms with Gasteiger partial charge in [-0.2, -0.15) is 0 Å². The highest BCUT2D eigenvalue weighted by Crippen LogP contribution is 1.99. The number of aliphatic imine (C=N–C) groups is 1. The summed E-state index contributed by atoms with van der Waals surface area (Å²) >= 11 is 0. The van der Waals surface area contributed by atoms with Gasteiger partial charge in [0.05, 0.1) is 11.9 Å². The minimum atomic E-state index is 0.319. The fourth-order valence-corrected chi connectivity index (χ4v) is 0.866. The molecule has 9 heavy (non-hydrogen) atoms. The van der Waals surface area contributed by atoms with E-state index in [1.54, 1.807) is 0 Å². The summed E-state index contributed by atoms with van der Waals surface area (Å²) < 4.78 is 0. The zero-order chi connectivity index (χ0) is 6.69. The van der Waals surface area contributed by atoms with Gasteiger partial charge in [-0.25, -0.2) is 0 Å². The molecule has 50 valence electrons. The molecule has 1 aliphatic heterocycles. The predicted octanol–water partition coefficient (Wildman–Crippen LogP) is 0.953. The van der Waals surface area contributed by atoms with Gasteiger partial charge in [0.25, 0.3) is 0 Å². The van der Waals surface area contributed by atoms with E-state index in [0.717, 1.165) is 18.8 Å². The summed E-state index contributed by atoms with van der Waals surface area (Å²) in [6, 6.07) is 0.319. The first-order chi connectivity index (χ1) is 4.36. The van der Waals surface area contributed by atoms with Crippen LogP contribution >= 0.6 is 0 Å². The lowest BCUT2D eigenvalue weighted by atomic mass is 10.3. The number of nitrogens with one attached hydrogen (secondary N) is 1. The quantitative estimate of drug-likeness (QED) is 0.545. The maximum absolute atomic E-state index is 4.31. The van der Waals surface area contributed by atoms with Gasteiger partial charge in [0.1, 0.15) is 0 Å². The van der Waals surface area contributed by atoms with E-state index < -0.39 is 0 Å². The molecular weight excluding hydrogens is 112 g/mol. The van der Waals surface area contributed by atoms with E-state index in [0.29, 0.717) is 6.04 Å². The molecule has 1 unspecified atom stereocenters. The molecule has 1 rings (SSSR count). The Bertz CT molecular complexity index is 138. The molecule has 0 fully saturated rings. The van der Waals surface area contributed by atoms with Crippen molar-refractivity contribution in [3.8, 4) is 0 Å². The molecule has 0 amide bonds. The Balaban J connectivity index is 2.49. The van der Waals surface area contributed by atoms with Crippen LogP contribution in [-0.4, -0.2) is 18.4 Å². The molecule has 0 aromatic rings. The highest BCUT2D eigenvalue weighted by atomic mass is 15.1. The largest absolute Gasteiger partial charge is 0.371 e. The van der Waals surface area contributed by atoms with Crippen molar-refractivity contribution in [3.05, 3.63) is 12.7 Å². The fourth-order valence-electron chi connectivity index (χ4n) is 0.866. The SMILES string of the molecule is C=CC1CNC(CC)=N1. The van der Waals surface area contributed by atoms with Crippen LogP contribution in [0.25, 0.3) is 0 Å². The van der Waals surface area contributed by atoms with Gasteiger partial charge in [-0.3, -0.25) is 4.99 Å². The normalized spacial score (nSPS) is 25.0.